The number of carboxylic acids is 1. The molecule has 1 unspecified atom stereocenters. The summed E-state index contributed by atoms with van der Waals surface area (Å²) in [6.07, 6.45) is 4.92. The molecular weight excluding hydrogens is 461 g/mol. The van der Waals surface area contributed by atoms with Crippen LogP contribution in [0.3, 0.4) is 0 Å². The molecule has 11 heteroatoms. The smallest absolute Gasteiger partial charge is 0.356 e. The second-order valence-corrected chi connectivity index (χ2v) is 8.70. The number of imidazole rings is 1. The number of carbonyl (C=O) groups is 1. The van der Waals surface area contributed by atoms with Crippen LogP contribution in [0.15, 0.2) is 48.9 Å². The summed E-state index contributed by atoms with van der Waals surface area (Å²) in [7, 11) is 1.62. The minimum atomic E-state index is -2.81. The van der Waals surface area contributed by atoms with Crippen LogP contribution in [0.25, 0.3) is 5.65 Å². The van der Waals surface area contributed by atoms with Crippen LogP contribution in [0.1, 0.15) is 39.8 Å². The van der Waals surface area contributed by atoms with Crippen molar-refractivity contribution < 1.29 is 23.1 Å². The largest absolute Gasteiger partial charge is 0.476 e. The van der Waals surface area contributed by atoms with Crippen molar-refractivity contribution in [2.24, 2.45) is 7.05 Å². The van der Waals surface area contributed by atoms with Gasteiger partial charge in [-0.05, 0) is 25.1 Å². The second kappa shape index (κ2) is 8.33. The average molecular weight is 484 g/mol. The lowest BCUT2D eigenvalue weighted by Gasteiger charge is -2.24. The number of nitrogens with one attached hydrogen (secondary N) is 1. The number of hydrogen-bond acceptors (Lipinski definition) is 5. The van der Waals surface area contributed by atoms with Gasteiger partial charge in [0.25, 0.3) is 5.92 Å². The maximum absolute atomic E-state index is 15.6. The SMILES string of the molecule is Cc1c(C(Nc2ccn3ccnc3c2)c2ccc(N3CCC(F)(F)C3)cc2F)c(C(=O)O)nn1C. The number of benzene rings is 1. The first-order valence-electron chi connectivity index (χ1n) is 11.0. The van der Waals surface area contributed by atoms with E-state index in [1.807, 2.05) is 0 Å². The fourth-order valence-electron chi connectivity index (χ4n) is 4.50. The van der Waals surface area contributed by atoms with Crippen LogP contribution in [0.2, 0.25) is 0 Å². The number of anilines is 2. The molecule has 3 aromatic heterocycles. The predicted octanol–water partition coefficient (Wildman–Crippen LogP) is 4.26. The molecule has 1 aliphatic rings. The Morgan fingerprint density at radius 1 is 1.23 bits per heavy atom. The molecule has 2 N–H and O–H groups in total. The quantitative estimate of drug-likeness (QED) is 0.425. The van der Waals surface area contributed by atoms with Gasteiger partial charge in [-0.25, -0.2) is 22.9 Å². The summed E-state index contributed by atoms with van der Waals surface area (Å²) >= 11 is 0. The average Bonchev–Trinajstić information content (AvgIpc) is 3.50. The minimum absolute atomic E-state index is 0.128. The number of aromatic nitrogens is 4. The van der Waals surface area contributed by atoms with Gasteiger partial charge in [0.2, 0.25) is 0 Å². The summed E-state index contributed by atoms with van der Waals surface area (Å²) < 4.78 is 46.2. The van der Waals surface area contributed by atoms with Gasteiger partial charge in [0.15, 0.2) is 5.69 Å². The molecule has 1 aliphatic heterocycles. The van der Waals surface area contributed by atoms with Crippen molar-refractivity contribution in [3.8, 4) is 0 Å². The number of aromatic carboxylic acids is 1. The normalized spacial score (nSPS) is 16.1. The van der Waals surface area contributed by atoms with Crippen LogP contribution in [0.5, 0.6) is 0 Å². The molecule has 35 heavy (non-hydrogen) atoms. The second-order valence-electron chi connectivity index (χ2n) is 8.70. The van der Waals surface area contributed by atoms with E-state index in [0.717, 1.165) is 0 Å². The third-order valence-corrected chi connectivity index (χ3v) is 6.41. The first kappa shape index (κ1) is 22.8. The number of carboxylic acid groups (broad SMARTS) is 1. The van der Waals surface area contributed by atoms with Crippen molar-refractivity contribution in [3.63, 3.8) is 0 Å². The molecule has 0 saturated carbocycles. The van der Waals surface area contributed by atoms with E-state index >= 15 is 4.39 Å². The van der Waals surface area contributed by atoms with Gasteiger partial charge in [-0.2, -0.15) is 5.10 Å². The van der Waals surface area contributed by atoms with Crippen molar-refractivity contribution in [3.05, 3.63) is 77.3 Å². The van der Waals surface area contributed by atoms with E-state index in [-0.39, 0.29) is 24.2 Å². The summed E-state index contributed by atoms with van der Waals surface area (Å²) in [5.41, 5.74) is 2.42. The molecule has 182 valence electrons. The molecule has 1 aromatic carbocycles. The van der Waals surface area contributed by atoms with Gasteiger partial charge in [-0.15, -0.1) is 0 Å². The van der Waals surface area contributed by atoms with E-state index in [4.69, 9.17) is 0 Å². The maximum atomic E-state index is 15.6. The number of alkyl halides is 2. The molecule has 1 saturated heterocycles. The Bertz CT molecular complexity index is 1430. The molecule has 0 spiro atoms. The minimum Gasteiger partial charge on any atom is -0.476 e. The number of fused-ring (bicyclic) bond motifs is 1. The number of aryl methyl sites for hydroxylation is 1. The Labute approximate surface area is 198 Å². The first-order valence-corrected chi connectivity index (χ1v) is 11.0. The first-order chi connectivity index (χ1) is 16.6. The summed E-state index contributed by atoms with van der Waals surface area (Å²) in [6, 6.07) is 6.92. The van der Waals surface area contributed by atoms with Crippen molar-refractivity contribution >= 4 is 23.0 Å². The lowest BCUT2D eigenvalue weighted by atomic mass is 9.95. The number of pyridine rings is 1. The number of hydrogen-bond donors (Lipinski definition) is 2. The molecule has 0 radical (unpaired) electrons. The fraction of sp³-hybridized carbons (Fsp3) is 0.292. The molecule has 4 heterocycles. The van der Waals surface area contributed by atoms with Gasteiger partial charge in [-0.1, -0.05) is 6.07 Å². The van der Waals surface area contributed by atoms with Crippen LogP contribution in [-0.4, -0.2) is 49.3 Å². The van der Waals surface area contributed by atoms with Crippen LogP contribution < -0.4 is 10.2 Å². The molecular formula is C24H23F3N6O2. The Balaban J connectivity index is 1.59. The molecule has 8 nitrogen and oxygen atoms in total. The fourth-order valence-corrected chi connectivity index (χ4v) is 4.50. The van der Waals surface area contributed by atoms with Gasteiger partial charge < -0.3 is 19.7 Å². The van der Waals surface area contributed by atoms with Crippen LogP contribution >= 0.6 is 0 Å². The van der Waals surface area contributed by atoms with Crippen molar-refractivity contribution in [2.45, 2.75) is 25.3 Å². The number of nitrogens with zero attached hydrogens (tertiary/aromatic N) is 5. The summed E-state index contributed by atoms with van der Waals surface area (Å²) in [5.74, 6) is -4.69. The van der Waals surface area contributed by atoms with Crippen molar-refractivity contribution in [1.82, 2.24) is 19.2 Å². The van der Waals surface area contributed by atoms with E-state index in [9.17, 15) is 18.7 Å². The van der Waals surface area contributed by atoms with E-state index < -0.39 is 30.3 Å². The molecule has 1 fully saturated rings. The summed E-state index contributed by atoms with van der Waals surface area (Å²) in [6.45, 7) is 1.37. The zero-order chi connectivity index (χ0) is 24.9. The van der Waals surface area contributed by atoms with Gasteiger partial charge >= 0.3 is 5.97 Å². The Morgan fingerprint density at radius 2 is 2.03 bits per heavy atom. The van der Waals surface area contributed by atoms with Gasteiger partial charge in [0.1, 0.15) is 11.5 Å². The van der Waals surface area contributed by atoms with Crippen LogP contribution in [0.4, 0.5) is 24.5 Å². The van der Waals surface area contributed by atoms with Gasteiger partial charge in [-0.3, -0.25) is 4.68 Å². The Kier molecular flexibility index (Phi) is 5.42. The summed E-state index contributed by atoms with van der Waals surface area (Å²) in [4.78, 5) is 17.7. The zero-order valence-electron chi connectivity index (χ0n) is 19.0. The highest BCUT2D eigenvalue weighted by atomic mass is 19.3. The molecule has 0 bridgehead atoms. The van der Waals surface area contributed by atoms with E-state index in [1.54, 1.807) is 55.2 Å². The van der Waals surface area contributed by atoms with E-state index in [2.05, 4.69) is 15.4 Å². The highest BCUT2D eigenvalue weighted by molar-refractivity contribution is 5.88. The Hall–Kier alpha value is -4.02. The molecule has 0 amide bonds. The van der Waals surface area contributed by atoms with Crippen LogP contribution in [0, 0.1) is 12.7 Å². The van der Waals surface area contributed by atoms with E-state index in [0.29, 0.717) is 28.3 Å². The lowest BCUT2D eigenvalue weighted by Crippen LogP contribution is -2.25. The lowest BCUT2D eigenvalue weighted by molar-refractivity contribution is 0.0257. The summed E-state index contributed by atoms with van der Waals surface area (Å²) in [5, 5.41) is 17.2. The van der Waals surface area contributed by atoms with Crippen molar-refractivity contribution in [2.75, 3.05) is 23.3 Å². The molecule has 4 aromatic rings. The maximum Gasteiger partial charge on any atom is 0.356 e. The Morgan fingerprint density at radius 3 is 2.71 bits per heavy atom. The third kappa shape index (κ3) is 4.17. The van der Waals surface area contributed by atoms with Gasteiger partial charge in [0.05, 0.1) is 12.6 Å². The van der Waals surface area contributed by atoms with Crippen LogP contribution in [-0.2, 0) is 7.05 Å². The highest BCUT2D eigenvalue weighted by Crippen LogP contribution is 2.36. The standard InChI is InChI=1S/C24H23F3N6O2/c1-14-20(22(23(34)35)30-31(14)2)21(29-15-5-8-32-10-7-28-19(32)11-15)17-4-3-16(12-18(17)25)33-9-6-24(26,27)13-33/h3-5,7-8,10-12,21,29H,6,9,13H2,1-2H3,(H,34,35). The van der Waals surface area contributed by atoms with Crippen molar-refractivity contribution in [1.29, 1.82) is 0 Å². The number of halogens is 3. The van der Waals surface area contributed by atoms with E-state index in [1.165, 1.54) is 21.7 Å². The monoisotopic (exact) mass is 484 g/mol. The number of rotatable bonds is 6. The zero-order valence-corrected chi connectivity index (χ0v) is 19.0. The topological polar surface area (TPSA) is 87.7 Å². The molecule has 0 aliphatic carbocycles. The third-order valence-electron chi connectivity index (χ3n) is 6.41. The van der Waals surface area contributed by atoms with Gasteiger partial charge in [0, 0.05) is 72.9 Å². The molecule has 5 rings (SSSR count). The molecule has 1 atom stereocenters. The predicted molar refractivity (Wildman–Crippen MR) is 124 cm³/mol. The highest BCUT2D eigenvalue weighted by Gasteiger charge is 2.38.